The Morgan fingerprint density at radius 3 is 2.38 bits per heavy atom. The Balaban J connectivity index is 1.87. The van der Waals surface area contributed by atoms with E-state index in [9.17, 15) is 19.1 Å². The maximum Gasteiger partial charge on any atom is 0.311 e. The lowest BCUT2D eigenvalue weighted by Crippen LogP contribution is -2.10. The highest BCUT2D eigenvalue weighted by atomic mass is 19.1. The van der Waals surface area contributed by atoms with Crippen LogP contribution in [0.5, 0.6) is 17.5 Å². The molecule has 21 heavy (non-hydrogen) atoms. The van der Waals surface area contributed by atoms with Crippen LogP contribution < -0.4 is 4.74 Å². The molecule has 2 rings (SSSR count). The fourth-order valence-electron chi connectivity index (χ4n) is 1.66. The molecule has 0 amide bonds. The zero-order valence-electron chi connectivity index (χ0n) is 10.8. The molecule has 0 saturated heterocycles. The van der Waals surface area contributed by atoms with Crippen molar-refractivity contribution < 1.29 is 28.9 Å². The summed E-state index contributed by atoms with van der Waals surface area (Å²) in [6.07, 6.45) is -0.316. The van der Waals surface area contributed by atoms with E-state index in [1.54, 1.807) is 0 Å². The highest BCUT2D eigenvalue weighted by Crippen LogP contribution is 2.29. The molecule has 0 aliphatic heterocycles. The molecule has 1 aromatic carbocycles. The van der Waals surface area contributed by atoms with Gasteiger partial charge in [-0.1, -0.05) is 0 Å². The molecule has 0 saturated carbocycles. The highest BCUT2D eigenvalue weighted by Gasteiger charge is 2.14. The number of Topliss-reactive ketones (excluding diaryl/α,β-unsaturated/α-hetero) is 1. The van der Waals surface area contributed by atoms with E-state index in [4.69, 9.17) is 9.84 Å². The third-order valence-corrected chi connectivity index (χ3v) is 2.69. The van der Waals surface area contributed by atoms with Crippen LogP contribution in [-0.4, -0.2) is 26.9 Å². The van der Waals surface area contributed by atoms with Gasteiger partial charge in [0.25, 0.3) is 0 Å². The Morgan fingerprint density at radius 1 is 1.14 bits per heavy atom. The number of benzene rings is 1. The third-order valence-electron chi connectivity index (χ3n) is 2.69. The minimum absolute atomic E-state index is 0.109. The number of carbonyl (C=O) groups is 2. The van der Waals surface area contributed by atoms with Crippen molar-refractivity contribution >= 4 is 11.8 Å². The number of rotatable bonds is 5. The van der Waals surface area contributed by atoms with E-state index in [1.807, 2.05) is 0 Å². The summed E-state index contributed by atoms with van der Waals surface area (Å²) in [6.45, 7) is 0. The van der Waals surface area contributed by atoms with Gasteiger partial charge in [0.1, 0.15) is 5.82 Å². The standard InChI is InChI=1S/C14H12FNO5/c15-9-3-1-8(2-4-9)10(17)5-6-13(19)21-11-7-12(18)16-14(11)20/h1-4,7,16,18,20H,5-6H2. The predicted molar refractivity (Wildman–Crippen MR) is 69.7 cm³/mol. The zero-order valence-corrected chi connectivity index (χ0v) is 10.8. The minimum atomic E-state index is -0.736. The van der Waals surface area contributed by atoms with Gasteiger partial charge in [0.05, 0.1) is 6.42 Å². The van der Waals surface area contributed by atoms with Crippen molar-refractivity contribution in [2.45, 2.75) is 12.8 Å². The maximum absolute atomic E-state index is 12.7. The smallest absolute Gasteiger partial charge is 0.311 e. The molecule has 7 heteroatoms. The molecular formula is C14H12FNO5. The average molecular weight is 293 g/mol. The molecule has 0 spiro atoms. The van der Waals surface area contributed by atoms with Gasteiger partial charge in [-0.3, -0.25) is 14.6 Å². The first kappa shape index (κ1) is 14.6. The summed E-state index contributed by atoms with van der Waals surface area (Å²) in [6, 6.07) is 6.02. The van der Waals surface area contributed by atoms with Crippen LogP contribution in [0.25, 0.3) is 0 Å². The number of aromatic nitrogens is 1. The van der Waals surface area contributed by atoms with Crippen molar-refractivity contribution in [3.63, 3.8) is 0 Å². The summed E-state index contributed by atoms with van der Waals surface area (Å²) >= 11 is 0. The van der Waals surface area contributed by atoms with Gasteiger partial charge in [0.2, 0.25) is 5.88 Å². The molecule has 0 atom stereocenters. The molecule has 0 unspecified atom stereocenters. The normalized spacial score (nSPS) is 10.3. The first-order valence-corrected chi connectivity index (χ1v) is 6.06. The van der Waals surface area contributed by atoms with Gasteiger partial charge in [-0.05, 0) is 24.3 Å². The van der Waals surface area contributed by atoms with Crippen molar-refractivity contribution in [1.82, 2.24) is 4.98 Å². The third kappa shape index (κ3) is 3.82. The van der Waals surface area contributed by atoms with Gasteiger partial charge in [0, 0.05) is 18.1 Å². The Morgan fingerprint density at radius 2 is 1.81 bits per heavy atom. The number of hydrogen-bond donors (Lipinski definition) is 3. The van der Waals surface area contributed by atoms with Gasteiger partial charge in [-0.2, -0.15) is 0 Å². The molecule has 2 aromatic rings. The van der Waals surface area contributed by atoms with Crippen LogP contribution in [0.1, 0.15) is 23.2 Å². The Kier molecular flexibility index (Phi) is 4.22. The number of esters is 1. The van der Waals surface area contributed by atoms with Gasteiger partial charge in [-0.15, -0.1) is 0 Å². The largest absolute Gasteiger partial charge is 0.494 e. The van der Waals surface area contributed by atoms with E-state index in [1.165, 1.54) is 12.1 Å². The number of aromatic hydroxyl groups is 2. The van der Waals surface area contributed by atoms with Crippen molar-refractivity contribution in [1.29, 1.82) is 0 Å². The SMILES string of the molecule is O=C(CCC(=O)c1ccc(F)cc1)Oc1cc(O)[nH]c1O. The summed E-state index contributed by atoms with van der Waals surface area (Å²) in [4.78, 5) is 25.4. The maximum atomic E-state index is 12.7. The molecule has 0 fully saturated rings. The number of nitrogens with one attached hydrogen (secondary N) is 1. The number of halogens is 1. The van der Waals surface area contributed by atoms with Crippen LogP contribution in [0.15, 0.2) is 30.3 Å². The van der Waals surface area contributed by atoms with E-state index in [0.29, 0.717) is 5.56 Å². The molecule has 110 valence electrons. The van der Waals surface area contributed by atoms with Crippen molar-refractivity contribution in [2.75, 3.05) is 0 Å². The highest BCUT2D eigenvalue weighted by molar-refractivity contribution is 5.97. The van der Waals surface area contributed by atoms with E-state index in [0.717, 1.165) is 18.2 Å². The quantitative estimate of drug-likeness (QED) is 0.579. The first-order valence-electron chi connectivity index (χ1n) is 6.06. The Hall–Kier alpha value is -2.83. The monoisotopic (exact) mass is 293 g/mol. The molecule has 6 nitrogen and oxygen atoms in total. The summed E-state index contributed by atoms with van der Waals surface area (Å²) in [5, 5.41) is 18.3. The summed E-state index contributed by atoms with van der Waals surface area (Å²) in [5.74, 6) is -2.56. The van der Waals surface area contributed by atoms with Crippen LogP contribution in [-0.2, 0) is 4.79 Å². The number of ketones is 1. The average Bonchev–Trinajstić information content (AvgIpc) is 2.75. The second-order valence-corrected chi connectivity index (χ2v) is 4.27. The molecule has 0 radical (unpaired) electrons. The minimum Gasteiger partial charge on any atom is -0.494 e. The van der Waals surface area contributed by atoms with Crippen molar-refractivity contribution in [3.8, 4) is 17.5 Å². The number of ether oxygens (including phenoxy) is 1. The van der Waals surface area contributed by atoms with Gasteiger partial charge >= 0.3 is 5.97 Å². The molecule has 0 bridgehead atoms. The number of carbonyl (C=O) groups excluding carboxylic acids is 2. The molecule has 1 aromatic heterocycles. The number of aromatic amines is 1. The Bertz CT molecular complexity index is 663. The first-order chi connectivity index (χ1) is 9.95. The topological polar surface area (TPSA) is 99.6 Å². The summed E-state index contributed by atoms with van der Waals surface area (Å²) in [7, 11) is 0. The second-order valence-electron chi connectivity index (χ2n) is 4.27. The molecule has 3 N–H and O–H groups in total. The second kappa shape index (κ2) is 6.08. The van der Waals surface area contributed by atoms with E-state index < -0.39 is 17.7 Å². The summed E-state index contributed by atoms with van der Waals surface area (Å²) in [5.41, 5.74) is 0.298. The van der Waals surface area contributed by atoms with Crippen LogP contribution in [0.2, 0.25) is 0 Å². The van der Waals surface area contributed by atoms with E-state index in [2.05, 4.69) is 4.98 Å². The lowest BCUT2D eigenvalue weighted by atomic mass is 10.1. The molecule has 1 heterocycles. The van der Waals surface area contributed by atoms with Crippen LogP contribution in [0, 0.1) is 5.82 Å². The van der Waals surface area contributed by atoms with Crippen LogP contribution in [0.3, 0.4) is 0 Å². The molecular weight excluding hydrogens is 281 g/mol. The predicted octanol–water partition coefficient (Wildman–Crippen LogP) is 2.13. The van der Waals surface area contributed by atoms with Crippen LogP contribution in [0.4, 0.5) is 4.39 Å². The zero-order chi connectivity index (χ0) is 15.4. The molecule has 0 aliphatic carbocycles. The van der Waals surface area contributed by atoms with E-state index in [-0.39, 0.29) is 30.3 Å². The molecule has 0 aliphatic rings. The lowest BCUT2D eigenvalue weighted by molar-refractivity contribution is -0.134. The van der Waals surface area contributed by atoms with Gasteiger partial charge in [0.15, 0.2) is 17.4 Å². The Labute approximate surface area is 118 Å². The van der Waals surface area contributed by atoms with Crippen LogP contribution >= 0.6 is 0 Å². The lowest BCUT2D eigenvalue weighted by Gasteiger charge is -2.02. The van der Waals surface area contributed by atoms with Crippen molar-refractivity contribution in [3.05, 3.63) is 41.7 Å². The fourth-order valence-corrected chi connectivity index (χ4v) is 1.66. The van der Waals surface area contributed by atoms with Gasteiger partial charge in [-0.25, -0.2) is 4.39 Å². The van der Waals surface area contributed by atoms with Crippen molar-refractivity contribution in [2.24, 2.45) is 0 Å². The van der Waals surface area contributed by atoms with Gasteiger partial charge < -0.3 is 14.9 Å². The van der Waals surface area contributed by atoms with E-state index >= 15 is 0 Å². The summed E-state index contributed by atoms with van der Waals surface area (Å²) < 4.78 is 17.5. The number of H-pyrrole nitrogens is 1. The fraction of sp³-hybridized carbons (Fsp3) is 0.143. The number of hydrogen-bond acceptors (Lipinski definition) is 5.